The van der Waals surface area contributed by atoms with Gasteiger partial charge in [-0.15, -0.1) is 0 Å². The van der Waals surface area contributed by atoms with E-state index in [9.17, 15) is 0 Å². The first kappa shape index (κ1) is 28.0. The summed E-state index contributed by atoms with van der Waals surface area (Å²) in [6, 6.07) is 23.3. The lowest BCUT2D eigenvalue weighted by Crippen LogP contribution is -2.34. The van der Waals surface area contributed by atoms with E-state index in [1.807, 2.05) is 30.3 Å². The van der Waals surface area contributed by atoms with Crippen LogP contribution in [0.4, 0.5) is 0 Å². The van der Waals surface area contributed by atoms with Gasteiger partial charge >= 0.3 is 0 Å². The summed E-state index contributed by atoms with van der Waals surface area (Å²) < 4.78 is 21.5. The molecule has 3 aromatic carbocycles. The third-order valence-corrected chi connectivity index (χ3v) is 6.88. The smallest absolute Gasteiger partial charge is 0.160 e. The minimum atomic E-state index is 0.384. The van der Waals surface area contributed by atoms with Crippen LogP contribution in [0.3, 0.4) is 0 Å². The Morgan fingerprint density at radius 1 is 0.703 bits per heavy atom. The van der Waals surface area contributed by atoms with Crippen molar-refractivity contribution in [2.75, 3.05) is 35.0 Å². The summed E-state index contributed by atoms with van der Waals surface area (Å²) in [7, 11) is 6.75. The van der Waals surface area contributed by atoms with Crippen LogP contribution in [0.15, 0.2) is 78.5 Å². The predicted octanol–water partition coefficient (Wildman–Crippen LogP) is 6.73. The zero-order valence-corrected chi connectivity index (χ0v) is 23.1. The molecule has 0 saturated carbocycles. The van der Waals surface area contributed by atoms with Gasteiger partial charge < -0.3 is 23.8 Å². The Morgan fingerprint density at radius 2 is 1.27 bits per heavy atom. The van der Waals surface area contributed by atoms with Gasteiger partial charge in [-0.1, -0.05) is 36.4 Å². The minimum absolute atomic E-state index is 0.384. The molecule has 0 spiro atoms. The van der Waals surface area contributed by atoms with Crippen LogP contribution < -0.4 is 18.9 Å². The molecule has 0 aliphatic rings. The van der Waals surface area contributed by atoms with Crippen molar-refractivity contribution in [1.82, 2.24) is 4.90 Å². The highest BCUT2D eigenvalue weighted by atomic mass is 16.5. The maximum absolute atomic E-state index is 5.52. The number of hydrogen-bond acceptors (Lipinski definition) is 5. The molecule has 198 valence electrons. The van der Waals surface area contributed by atoms with E-state index in [1.54, 1.807) is 28.4 Å². The molecule has 0 radical (unpaired) electrons. The highest BCUT2D eigenvalue weighted by molar-refractivity contribution is 5.43. The largest absolute Gasteiger partial charge is 0.497 e. The molecule has 0 saturated heterocycles. The van der Waals surface area contributed by atoms with Gasteiger partial charge in [-0.05, 0) is 92.6 Å². The Labute approximate surface area is 222 Å². The second-order valence-corrected chi connectivity index (χ2v) is 9.27. The average Bonchev–Trinajstić information content (AvgIpc) is 2.95. The monoisotopic (exact) mass is 503 g/mol. The lowest BCUT2D eigenvalue weighted by Gasteiger charge is -2.32. The normalized spacial score (nSPS) is 12.1. The standard InChI is InChI=1S/C32H41NO4/c1-24(7-9-26-11-16-29(34-3)17-12-26)33(22-21-28-15-20-31(36-5)32(23-28)37-6)25(2)8-10-27-13-18-30(35-4)19-14-27/h7,11-20,23,25H,8-10,21-22H2,1-6H3/b24-7+. The summed E-state index contributed by atoms with van der Waals surface area (Å²) in [4.78, 5) is 2.53. The van der Waals surface area contributed by atoms with Gasteiger partial charge in [-0.3, -0.25) is 0 Å². The van der Waals surface area contributed by atoms with E-state index >= 15 is 0 Å². The van der Waals surface area contributed by atoms with Crippen molar-refractivity contribution in [3.63, 3.8) is 0 Å². The van der Waals surface area contributed by atoms with Crippen LogP contribution in [0.25, 0.3) is 0 Å². The molecular formula is C32H41NO4. The van der Waals surface area contributed by atoms with Crippen LogP contribution in [0, 0.1) is 0 Å². The number of aryl methyl sites for hydroxylation is 1. The number of methoxy groups -OCH3 is 4. The molecule has 1 atom stereocenters. The summed E-state index contributed by atoms with van der Waals surface area (Å²) in [5, 5.41) is 0. The van der Waals surface area contributed by atoms with Gasteiger partial charge in [-0.25, -0.2) is 0 Å². The second-order valence-electron chi connectivity index (χ2n) is 9.27. The number of ether oxygens (including phenoxy) is 4. The zero-order chi connectivity index (χ0) is 26.6. The fourth-order valence-electron chi connectivity index (χ4n) is 4.50. The number of nitrogens with zero attached hydrogens (tertiary/aromatic N) is 1. The Hall–Kier alpha value is -3.60. The summed E-state index contributed by atoms with van der Waals surface area (Å²) in [5.74, 6) is 3.30. The quantitative estimate of drug-likeness (QED) is 0.244. The molecule has 1 unspecified atom stereocenters. The maximum atomic E-state index is 5.52. The van der Waals surface area contributed by atoms with Crippen molar-refractivity contribution in [3.05, 3.63) is 95.2 Å². The number of rotatable bonds is 14. The van der Waals surface area contributed by atoms with Gasteiger partial charge in [0.05, 0.1) is 28.4 Å². The van der Waals surface area contributed by atoms with Gasteiger partial charge in [-0.2, -0.15) is 0 Å². The second kappa shape index (κ2) is 14.2. The van der Waals surface area contributed by atoms with Crippen molar-refractivity contribution >= 4 is 0 Å². The van der Waals surface area contributed by atoms with Crippen molar-refractivity contribution in [2.24, 2.45) is 0 Å². The van der Waals surface area contributed by atoms with Crippen LogP contribution in [0.2, 0.25) is 0 Å². The van der Waals surface area contributed by atoms with Crippen molar-refractivity contribution in [3.8, 4) is 23.0 Å². The number of benzene rings is 3. The average molecular weight is 504 g/mol. The van der Waals surface area contributed by atoms with Crippen LogP contribution in [0.5, 0.6) is 23.0 Å². The van der Waals surface area contributed by atoms with Crippen LogP contribution in [0.1, 0.15) is 37.0 Å². The number of allylic oxidation sites excluding steroid dienone is 2. The van der Waals surface area contributed by atoms with E-state index in [0.29, 0.717) is 6.04 Å². The molecule has 37 heavy (non-hydrogen) atoms. The van der Waals surface area contributed by atoms with Crippen LogP contribution >= 0.6 is 0 Å². The molecular weight excluding hydrogens is 462 g/mol. The van der Waals surface area contributed by atoms with Gasteiger partial charge in [0.2, 0.25) is 0 Å². The first-order chi connectivity index (χ1) is 18.0. The van der Waals surface area contributed by atoms with Gasteiger partial charge in [0.15, 0.2) is 11.5 Å². The topological polar surface area (TPSA) is 40.2 Å². The first-order valence-corrected chi connectivity index (χ1v) is 12.9. The molecule has 5 heteroatoms. The van der Waals surface area contributed by atoms with E-state index in [1.165, 1.54) is 22.4 Å². The molecule has 0 amide bonds. The summed E-state index contributed by atoms with van der Waals surface area (Å²) >= 11 is 0. The first-order valence-electron chi connectivity index (χ1n) is 12.9. The lowest BCUT2D eigenvalue weighted by atomic mass is 10.0. The fraction of sp³-hybridized carbons (Fsp3) is 0.375. The minimum Gasteiger partial charge on any atom is -0.497 e. The Morgan fingerprint density at radius 3 is 1.84 bits per heavy atom. The number of hydrogen-bond donors (Lipinski definition) is 0. The summed E-state index contributed by atoms with van der Waals surface area (Å²) in [5.41, 5.74) is 5.12. The van der Waals surface area contributed by atoms with Crippen LogP contribution in [-0.2, 0) is 19.3 Å². The van der Waals surface area contributed by atoms with E-state index in [2.05, 4.69) is 61.2 Å². The molecule has 0 fully saturated rings. The summed E-state index contributed by atoms with van der Waals surface area (Å²) in [6.07, 6.45) is 6.21. The zero-order valence-electron chi connectivity index (χ0n) is 23.1. The van der Waals surface area contributed by atoms with Gasteiger partial charge in [0.25, 0.3) is 0 Å². The van der Waals surface area contributed by atoms with E-state index in [0.717, 1.165) is 55.2 Å². The van der Waals surface area contributed by atoms with Crippen LogP contribution in [-0.4, -0.2) is 45.9 Å². The van der Waals surface area contributed by atoms with Crippen molar-refractivity contribution in [1.29, 1.82) is 0 Å². The molecule has 0 N–H and O–H groups in total. The third kappa shape index (κ3) is 8.21. The Balaban J connectivity index is 1.73. The third-order valence-electron chi connectivity index (χ3n) is 6.88. The van der Waals surface area contributed by atoms with Gasteiger partial charge in [0.1, 0.15) is 11.5 Å². The molecule has 0 heterocycles. The molecule has 3 rings (SSSR count). The molecule has 3 aromatic rings. The molecule has 0 aliphatic carbocycles. The van der Waals surface area contributed by atoms with Crippen molar-refractivity contribution in [2.45, 2.75) is 45.6 Å². The van der Waals surface area contributed by atoms with E-state index < -0.39 is 0 Å². The highest BCUT2D eigenvalue weighted by Crippen LogP contribution is 2.28. The van der Waals surface area contributed by atoms with E-state index in [4.69, 9.17) is 18.9 Å². The van der Waals surface area contributed by atoms with Gasteiger partial charge in [0, 0.05) is 18.3 Å². The highest BCUT2D eigenvalue weighted by Gasteiger charge is 2.15. The molecule has 5 nitrogen and oxygen atoms in total. The molecule has 0 aromatic heterocycles. The Kier molecular flexibility index (Phi) is 10.8. The van der Waals surface area contributed by atoms with E-state index in [-0.39, 0.29) is 0 Å². The molecule has 0 bridgehead atoms. The molecule has 0 aliphatic heterocycles. The Bertz CT molecular complexity index is 1120. The predicted molar refractivity (Wildman–Crippen MR) is 151 cm³/mol. The van der Waals surface area contributed by atoms with Crippen molar-refractivity contribution < 1.29 is 18.9 Å². The fourth-order valence-corrected chi connectivity index (χ4v) is 4.50. The SMILES string of the molecule is COc1ccc(C/C=C(\C)N(CCc2ccc(OC)c(OC)c2)C(C)CCc2ccc(OC)cc2)cc1. The maximum Gasteiger partial charge on any atom is 0.160 e. The summed E-state index contributed by atoms with van der Waals surface area (Å²) in [6.45, 7) is 5.47. The lowest BCUT2D eigenvalue weighted by molar-refractivity contribution is 0.258.